The third-order valence-corrected chi connectivity index (χ3v) is 3.64. The molecule has 8 heteroatoms. The molecule has 0 saturated carbocycles. The van der Waals surface area contributed by atoms with Gasteiger partial charge in [-0.1, -0.05) is 52.5 Å². The van der Waals surface area contributed by atoms with Gasteiger partial charge in [0.15, 0.2) is 0 Å². The zero-order chi connectivity index (χ0) is 16.2. The van der Waals surface area contributed by atoms with E-state index in [2.05, 4.69) is 10.6 Å². The van der Waals surface area contributed by atoms with Gasteiger partial charge in [-0.15, -0.1) is 0 Å². The number of halogens is 4. The van der Waals surface area contributed by atoms with Crippen LogP contribution in [-0.2, 0) is 6.54 Å². The molecule has 1 amide bonds. The summed E-state index contributed by atoms with van der Waals surface area (Å²) in [5, 5.41) is 5.99. The van der Waals surface area contributed by atoms with E-state index in [1.807, 2.05) is 0 Å². The van der Waals surface area contributed by atoms with E-state index >= 15 is 0 Å². The molecule has 0 radical (unpaired) electrons. The van der Waals surface area contributed by atoms with Gasteiger partial charge in [0.25, 0.3) is 5.91 Å². The number of hydrogen-bond acceptors (Lipinski definition) is 3. The van der Waals surface area contributed by atoms with Crippen molar-refractivity contribution in [2.24, 2.45) is 0 Å². The second kappa shape index (κ2) is 7.57. The van der Waals surface area contributed by atoms with Crippen LogP contribution in [0.4, 0.5) is 0 Å². The Morgan fingerprint density at radius 3 is 2.59 bits per heavy atom. The molecule has 2 rings (SSSR count). The highest BCUT2D eigenvalue weighted by Gasteiger charge is 2.34. The highest BCUT2D eigenvalue weighted by atomic mass is 35.6. The Balaban J connectivity index is 2.04. The van der Waals surface area contributed by atoms with Crippen molar-refractivity contribution in [1.82, 2.24) is 10.6 Å². The predicted molar refractivity (Wildman–Crippen MR) is 88.5 cm³/mol. The summed E-state index contributed by atoms with van der Waals surface area (Å²) < 4.78 is 3.44. The number of carbonyl (C=O) groups is 1. The van der Waals surface area contributed by atoms with Crippen LogP contribution in [0.2, 0.25) is 5.02 Å². The monoisotopic (exact) mass is 380 g/mol. The molecule has 0 aliphatic rings. The fourth-order valence-electron chi connectivity index (χ4n) is 1.71. The number of hydrogen-bond donors (Lipinski definition) is 2. The maximum atomic E-state index is 12.2. The molecule has 1 aromatic heterocycles. The Bertz CT molecular complexity index is 626. The van der Waals surface area contributed by atoms with E-state index in [0.717, 1.165) is 0 Å². The number of amides is 1. The molecule has 0 saturated heterocycles. The summed E-state index contributed by atoms with van der Waals surface area (Å²) in [6, 6.07) is 9.98. The largest absolute Gasteiger partial charge is 0.468 e. The SMILES string of the molecule is O=C(N[C@H](NCc1ccco1)C(Cl)(Cl)Cl)c1cccc(Cl)c1. The topological polar surface area (TPSA) is 54.3 Å². The van der Waals surface area contributed by atoms with Crippen molar-refractivity contribution >= 4 is 52.3 Å². The van der Waals surface area contributed by atoms with Crippen LogP contribution in [0, 0.1) is 0 Å². The predicted octanol–water partition coefficient (Wildman–Crippen LogP) is 4.15. The van der Waals surface area contributed by atoms with Gasteiger partial charge in [-0.25, -0.2) is 0 Å². The van der Waals surface area contributed by atoms with Crippen molar-refractivity contribution in [2.75, 3.05) is 0 Å². The zero-order valence-corrected chi connectivity index (χ0v) is 14.2. The summed E-state index contributed by atoms with van der Waals surface area (Å²) in [6.45, 7) is 0.293. The van der Waals surface area contributed by atoms with E-state index in [9.17, 15) is 4.79 Å². The van der Waals surface area contributed by atoms with Gasteiger partial charge in [-0.3, -0.25) is 10.1 Å². The number of alkyl halides is 3. The van der Waals surface area contributed by atoms with E-state index in [1.54, 1.807) is 30.3 Å². The highest BCUT2D eigenvalue weighted by Crippen LogP contribution is 2.29. The molecule has 1 heterocycles. The first-order valence-electron chi connectivity index (χ1n) is 6.25. The number of benzene rings is 1. The van der Waals surface area contributed by atoms with Gasteiger partial charge in [0.2, 0.25) is 3.79 Å². The molecule has 4 nitrogen and oxygen atoms in total. The molecule has 2 aromatic rings. The quantitative estimate of drug-likeness (QED) is 0.604. The van der Waals surface area contributed by atoms with Gasteiger partial charge < -0.3 is 9.73 Å². The number of nitrogens with one attached hydrogen (secondary N) is 2. The van der Waals surface area contributed by atoms with E-state index in [4.69, 9.17) is 50.8 Å². The van der Waals surface area contributed by atoms with Crippen molar-refractivity contribution in [3.05, 3.63) is 59.0 Å². The minimum atomic E-state index is -1.74. The van der Waals surface area contributed by atoms with E-state index in [0.29, 0.717) is 22.9 Å². The Morgan fingerprint density at radius 2 is 2.00 bits per heavy atom. The maximum Gasteiger partial charge on any atom is 0.252 e. The van der Waals surface area contributed by atoms with Crippen LogP contribution in [0.1, 0.15) is 16.1 Å². The molecule has 1 aromatic carbocycles. The molecular weight excluding hydrogens is 370 g/mol. The molecular formula is C14H12Cl4N2O2. The molecule has 0 spiro atoms. The zero-order valence-electron chi connectivity index (χ0n) is 11.2. The Labute approximate surface area is 147 Å². The van der Waals surface area contributed by atoms with Crippen molar-refractivity contribution in [2.45, 2.75) is 16.5 Å². The summed E-state index contributed by atoms with van der Waals surface area (Å²) in [5.41, 5.74) is 0.367. The third kappa shape index (κ3) is 5.07. The van der Waals surface area contributed by atoms with Gasteiger partial charge in [0.05, 0.1) is 12.8 Å². The fourth-order valence-corrected chi connectivity index (χ4v) is 2.29. The van der Waals surface area contributed by atoms with Gasteiger partial charge >= 0.3 is 0 Å². The van der Waals surface area contributed by atoms with Crippen molar-refractivity contribution in [3.63, 3.8) is 0 Å². The fraction of sp³-hybridized carbons (Fsp3) is 0.214. The normalized spacial score (nSPS) is 12.9. The van der Waals surface area contributed by atoms with Gasteiger partial charge in [0.1, 0.15) is 11.9 Å². The second-order valence-corrected chi connectivity index (χ2v) is 7.22. The molecule has 0 aliphatic carbocycles. The van der Waals surface area contributed by atoms with Gasteiger partial charge in [-0.2, -0.15) is 0 Å². The first-order valence-corrected chi connectivity index (χ1v) is 7.76. The molecule has 1 atom stereocenters. The maximum absolute atomic E-state index is 12.2. The molecule has 22 heavy (non-hydrogen) atoms. The van der Waals surface area contributed by atoms with E-state index in [-0.39, 0.29) is 0 Å². The van der Waals surface area contributed by atoms with E-state index in [1.165, 1.54) is 12.3 Å². The Hall–Kier alpha value is -0.910. The lowest BCUT2D eigenvalue weighted by molar-refractivity contribution is 0.0928. The number of rotatable bonds is 5. The average molecular weight is 382 g/mol. The van der Waals surface area contributed by atoms with Gasteiger partial charge in [-0.05, 0) is 30.3 Å². The number of furan rings is 1. The third-order valence-electron chi connectivity index (χ3n) is 2.75. The van der Waals surface area contributed by atoms with Crippen LogP contribution < -0.4 is 10.6 Å². The number of carbonyl (C=O) groups excluding carboxylic acids is 1. The first-order chi connectivity index (χ1) is 10.4. The van der Waals surface area contributed by atoms with Crippen LogP contribution in [0.25, 0.3) is 0 Å². The van der Waals surface area contributed by atoms with E-state index < -0.39 is 15.9 Å². The second-order valence-electron chi connectivity index (χ2n) is 4.42. The van der Waals surface area contributed by atoms with Crippen LogP contribution in [0.15, 0.2) is 47.1 Å². The highest BCUT2D eigenvalue weighted by molar-refractivity contribution is 6.68. The molecule has 0 unspecified atom stereocenters. The molecule has 0 bridgehead atoms. The Morgan fingerprint density at radius 1 is 1.23 bits per heavy atom. The lowest BCUT2D eigenvalue weighted by Gasteiger charge is -2.26. The van der Waals surface area contributed by atoms with Crippen LogP contribution in [0.5, 0.6) is 0 Å². The molecule has 118 valence electrons. The molecule has 0 fully saturated rings. The Kier molecular flexibility index (Phi) is 6.01. The molecule has 0 aliphatic heterocycles. The standard InChI is InChI=1S/C14H12Cl4N2O2/c15-10-4-1-3-9(7-10)12(21)20-13(14(16,17)18)19-8-11-5-2-6-22-11/h1-7,13,19H,8H2,(H,20,21)/t13-/m0/s1. The van der Waals surface area contributed by atoms with Crippen molar-refractivity contribution < 1.29 is 9.21 Å². The molecule has 2 N–H and O–H groups in total. The first kappa shape index (κ1) is 17.4. The summed E-state index contributed by atoms with van der Waals surface area (Å²) in [5.74, 6) is 0.238. The van der Waals surface area contributed by atoms with Crippen molar-refractivity contribution in [3.8, 4) is 0 Å². The smallest absolute Gasteiger partial charge is 0.252 e. The lowest BCUT2D eigenvalue weighted by Crippen LogP contribution is -2.53. The summed E-state index contributed by atoms with van der Waals surface area (Å²) in [6.07, 6.45) is 0.625. The van der Waals surface area contributed by atoms with Crippen LogP contribution in [0.3, 0.4) is 0 Å². The minimum absolute atomic E-state index is 0.293. The summed E-state index contributed by atoms with van der Waals surface area (Å²) >= 11 is 23.6. The van der Waals surface area contributed by atoms with Crippen LogP contribution >= 0.6 is 46.4 Å². The summed E-state index contributed by atoms with van der Waals surface area (Å²) in [4.78, 5) is 12.2. The summed E-state index contributed by atoms with van der Waals surface area (Å²) in [7, 11) is 0. The van der Waals surface area contributed by atoms with Gasteiger partial charge in [0, 0.05) is 10.6 Å². The minimum Gasteiger partial charge on any atom is -0.468 e. The van der Waals surface area contributed by atoms with Crippen molar-refractivity contribution in [1.29, 1.82) is 0 Å². The average Bonchev–Trinajstić information content (AvgIpc) is 2.95. The lowest BCUT2D eigenvalue weighted by atomic mass is 10.2. The van der Waals surface area contributed by atoms with Crippen LogP contribution in [-0.4, -0.2) is 15.9 Å².